The van der Waals surface area contributed by atoms with Crippen LogP contribution in [0.2, 0.25) is 0 Å². The van der Waals surface area contributed by atoms with E-state index in [0.29, 0.717) is 12.2 Å². The topological polar surface area (TPSA) is 82.4 Å². The minimum atomic E-state index is -0.333. The fraction of sp³-hybridized carbons (Fsp3) is 0.333. The number of nitrogens with one attached hydrogen (secondary N) is 2. The molecule has 3 N–H and O–H groups in total. The standard InChI is InChI=1S/C15H21N5O2/c1-3-19(2)14-7-5-4-6-13(14)18-15(22)17-12-10-16-20(11-12)8-9-21/h4-7,10-11,21H,3,8-9H2,1-2H3,(H2,17,18,22). The number of aromatic nitrogens is 2. The minimum absolute atomic E-state index is 0.00401. The van der Waals surface area contributed by atoms with Crippen LogP contribution in [0.5, 0.6) is 0 Å². The van der Waals surface area contributed by atoms with Gasteiger partial charge in [0.15, 0.2) is 0 Å². The Kier molecular flexibility index (Phi) is 5.37. The summed E-state index contributed by atoms with van der Waals surface area (Å²) in [7, 11) is 1.97. The molecule has 0 saturated heterocycles. The summed E-state index contributed by atoms with van der Waals surface area (Å²) < 4.78 is 1.56. The lowest BCUT2D eigenvalue weighted by Crippen LogP contribution is -2.22. The quantitative estimate of drug-likeness (QED) is 0.762. The number of aliphatic hydroxyl groups excluding tert-OH is 1. The molecule has 1 aromatic carbocycles. The van der Waals surface area contributed by atoms with Crippen molar-refractivity contribution in [1.82, 2.24) is 9.78 Å². The van der Waals surface area contributed by atoms with Gasteiger partial charge >= 0.3 is 6.03 Å². The number of nitrogens with zero attached hydrogens (tertiary/aromatic N) is 3. The monoisotopic (exact) mass is 303 g/mol. The van der Waals surface area contributed by atoms with Crippen LogP contribution in [-0.2, 0) is 6.54 Å². The largest absolute Gasteiger partial charge is 0.394 e. The predicted molar refractivity (Wildman–Crippen MR) is 87.3 cm³/mol. The summed E-state index contributed by atoms with van der Waals surface area (Å²) in [6.45, 7) is 3.29. The van der Waals surface area contributed by atoms with E-state index in [0.717, 1.165) is 17.9 Å². The lowest BCUT2D eigenvalue weighted by molar-refractivity contribution is 0.262. The Bertz CT molecular complexity index is 626. The van der Waals surface area contributed by atoms with E-state index in [1.165, 1.54) is 0 Å². The molecule has 0 fully saturated rings. The van der Waals surface area contributed by atoms with Crippen molar-refractivity contribution in [3.8, 4) is 0 Å². The van der Waals surface area contributed by atoms with Crippen LogP contribution in [0.3, 0.4) is 0 Å². The lowest BCUT2D eigenvalue weighted by Gasteiger charge is -2.20. The third-order valence-electron chi connectivity index (χ3n) is 3.26. The number of para-hydroxylation sites is 2. The van der Waals surface area contributed by atoms with Crippen molar-refractivity contribution in [1.29, 1.82) is 0 Å². The summed E-state index contributed by atoms with van der Waals surface area (Å²) in [5.41, 5.74) is 2.27. The van der Waals surface area contributed by atoms with Crippen molar-refractivity contribution in [2.45, 2.75) is 13.5 Å². The molecule has 2 aromatic rings. The highest BCUT2D eigenvalue weighted by atomic mass is 16.3. The van der Waals surface area contributed by atoms with Gasteiger partial charge < -0.3 is 20.6 Å². The Hall–Kier alpha value is -2.54. The molecule has 0 aliphatic carbocycles. The Morgan fingerprint density at radius 3 is 2.86 bits per heavy atom. The van der Waals surface area contributed by atoms with Crippen LogP contribution in [0.15, 0.2) is 36.7 Å². The van der Waals surface area contributed by atoms with Crippen molar-refractivity contribution < 1.29 is 9.90 Å². The maximum absolute atomic E-state index is 12.1. The molecule has 1 heterocycles. The van der Waals surface area contributed by atoms with Crippen LogP contribution in [0.4, 0.5) is 21.9 Å². The molecule has 0 bridgehead atoms. The summed E-state index contributed by atoms with van der Waals surface area (Å²) in [5.74, 6) is 0. The summed E-state index contributed by atoms with van der Waals surface area (Å²) in [6.07, 6.45) is 3.21. The SMILES string of the molecule is CCN(C)c1ccccc1NC(=O)Nc1cnn(CCO)c1. The van der Waals surface area contributed by atoms with Gasteiger partial charge in [-0.15, -0.1) is 0 Å². The number of amides is 2. The molecule has 0 spiro atoms. The van der Waals surface area contributed by atoms with E-state index in [-0.39, 0.29) is 12.6 Å². The second kappa shape index (κ2) is 7.46. The van der Waals surface area contributed by atoms with Crippen LogP contribution in [0.25, 0.3) is 0 Å². The molecule has 0 unspecified atom stereocenters. The van der Waals surface area contributed by atoms with Gasteiger partial charge in [0, 0.05) is 19.8 Å². The molecule has 7 heteroatoms. The number of hydrogen-bond acceptors (Lipinski definition) is 4. The maximum Gasteiger partial charge on any atom is 0.323 e. The highest BCUT2D eigenvalue weighted by Gasteiger charge is 2.09. The molecule has 1 aromatic heterocycles. The van der Waals surface area contributed by atoms with Crippen LogP contribution >= 0.6 is 0 Å². The zero-order valence-electron chi connectivity index (χ0n) is 12.8. The number of carbonyl (C=O) groups excluding carboxylic acids is 1. The van der Waals surface area contributed by atoms with Gasteiger partial charge in [-0.05, 0) is 19.1 Å². The number of hydrogen-bond donors (Lipinski definition) is 3. The fourth-order valence-electron chi connectivity index (χ4n) is 2.02. The van der Waals surface area contributed by atoms with Gasteiger partial charge in [0.05, 0.1) is 36.4 Å². The third kappa shape index (κ3) is 3.98. The lowest BCUT2D eigenvalue weighted by atomic mass is 10.2. The van der Waals surface area contributed by atoms with Gasteiger partial charge in [-0.1, -0.05) is 12.1 Å². The Morgan fingerprint density at radius 2 is 2.14 bits per heavy atom. The van der Waals surface area contributed by atoms with E-state index in [2.05, 4.69) is 20.6 Å². The molecule has 0 atom stereocenters. The van der Waals surface area contributed by atoms with Gasteiger partial charge in [-0.25, -0.2) is 4.79 Å². The van der Waals surface area contributed by atoms with E-state index >= 15 is 0 Å². The van der Waals surface area contributed by atoms with Gasteiger partial charge in [0.25, 0.3) is 0 Å². The minimum Gasteiger partial charge on any atom is -0.394 e. The Balaban J connectivity index is 2.02. The second-order valence-corrected chi connectivity index (χ2v) is 4.83. The Labute approximate surface area is 129 Å². The Morgan fingerprint density at radius 1 is 1.36 bits per heavy atom. The highest BCUT2D eigenvalue weighted by Crippen LogP contribution is 2.24. The van der Waals surface area contributed by atoms with E-state index < -0.39 is 0 Å². The van der Waals surface area contributed by atoms with Crippen molar-refractivity contribution >= 4 is 23.1 Å². The molecular formula is C15H21N5O2. The first-order valence-corrected chi connectivity index (χ1v) is 7.15. The number of aliphatic hydroxyl groups is 1. The molecule has 2 amide bonds. The van der Waals surface area contributed by atoms with Crippen molar-refractivity contribution in [3.05, 3.63) is 36.7 Å². The van der Waals surface area contributed by atoms with E-state index in [1.54, 1.807) is 17.1 Å². The number of urea groups is 1. The van der Waals surface area contributed by atoms with E-state index in [4.69, 9.17) is 5.11 Å². The normalized spacial score (nSPS) is 10.3. The molecule has 0 saturated carbocycles. The molecular weight excluding hydrogens is 282 g/mol. The first kappa shape index (κ1) is 15.8. The van der Waals surface area contributed by atoms with Gasteiger partial charge in [0.2, 0.25) is 0 Å². The van der Waals surface area contributed by atoms with Gasteiger partial charge in [0.1, 0.15) is 0 Å². The smallest absolute Gasteiger partial charge is 0.323 e. The zero-order valence-corrected chi connectivity index (χ0v) is 12.8. The number of carbonyl (C=O) groups is 1. The molecule has 0 radical (unpaired) electrons. The maximum atomic E-state index is 12.1. The molecule has 118 valence electrons. The van der Waals surface area contributed by atoms with Crippen LogP contribution < -0.4 is 15.5 Å². The predicted octanol–water partition coefficient (Wildman–Crippen LogP) is 1.98. The average Bonchev–Trinajstić information content (AvgIpc) is 2.94. The second-order valence-electron chi connectivity index (χ2n) is 4.83. The highest BCUT2D eigenvalue weighted by molar-refractivity contribution is 6.01. The first-order chi connectivity index (χ1) is 10.6. The number of anilines is 3. The zero-order chi connectivity index (χ0) is 15.9. The molecule has 2 rings (SSSR count). The van der Waals surface area contributed by atoms with Gasteiger partial charge in [-0.2, -0.15) is 5.10 Å². The number of rotatable bonds is 6. The summed E-state index contributed by atoms with van der Waals surface area (Å²) in [5, 5.41) is 18.4. The van der Waals surface area contributed by atoms with Crippen molar-refractivity contribution in [2.75, 3.05) is 35.7 Å². The average molecular weight is 303 g/mol. The van der Waals surface area contributed by atoms with E-state index in [1.807, 2.05) is 38.2 Å². The number of benzene rings is 1. The third-order valence-corrected chi connectivity index (χ3v) is 3.26. The van der Waals surface area contributed by atoms with Crippen molar-refractivity contribution in [3.63, 3.8) is 0 Å². The summed E-state index contributed by atoms with van der Waals surface area (Å²) >= 11 is 0. The van der Waals surface area contributed by atoms with Gasteiger partial charge in [-0.3, -0.25) is 4.68 Å². The van der Waals surface area contributed by atoms with Crippen molar-refractivity contribution in [2.24, 2.45) is 0 Å². The molecule has 0 aliphatic heterocycles. The fourth-order valence-corrected chi connectivity index (χ4v) is 2.02. The molecule has 0 aliphatic rings. The molecule has 7 nitrogen and oxygen atoms in total. The molecule has 22 heavy (non-hydrogen) atoms. The van der Waals surface area contributed by atoms with Crippen LogP contribution in [0.1, 0.15) is 6.92 Å². The first-order valence-electron chi connectivity index (χ1n) is 7.15. The van der Waals surface area contributed by atoms with Crippen LogP contribution in [-0.4, -0.2) is 41.1 Å². The summed E-state index contributed by atoms with van der Waals surface area (Å²) in [6, 6.07) is 7.29. The van der Waals surface area contributed by atoms with E-state index in [9.17, 15) is 4.79 Å². The van der Waals surface area contributed by atoms with Crippen LogP contribution in [0, 0.1) is 0 Å². The summed E-state index contributed by atoms with van der Waals surface area (Å²) in [4.78, 5) is 14.1.